The fourth-order valence-electron chi connectivity index (χ4n) is 1.87. The Kier molecular flexibility index (Phi) is 4.76. The molecule has 0 radical (unpaired) electrons. The van der Waals surface area contributed by atoms with E-state index in [-0.39, 0.29) is 0 Å². The van der Waals surface area contributed by atoms with Crippen LogP contribution < -0.4 is 16.0 Å². The molecule has 0 aliphatic carbocycles. The van der Waals surface area contributed by atoms with E-state index in [2.05, 4.69) is 22.3 Å². The van der Waals surface area contributed by atoms with Crippen molar-refractivity contribution < 1.29 is 4.74 Å². The molecule has 3 N–H and O–H groups in total. The highest BCUT2D eigenvalue weighted by molar-refractivity contribution is 6.30. The van der Waals surface area contributed by atoms with Crippen LogP contribution in [0.1, 0.15) is 24.5 Å². The molecule has 0 aliphatic rings. The zero-order chi connectivity index (χ0) is 14.5. The number of hydrogen-bond donors (Lipinski definition) is 2. The van der Waals surface area contributed by atoms with E-state index in [1.807, 2.05) is 19.1 Å². The largest absolute Gasteiger partial charge is 0.438 e. The lowest BCUT2D eigenvalue weighted by Gasteiger charge is -2.13. The van der Waals surface area contributed by atoms with Crippen molar-refractivity contribution >= 4 is 17.4 Å². The predicted molar refractivity (Wildman–Crippen MR) is 80.1 cm³/mol. The van der Waals surface area contributed by atoms with Gasteiger partial charge in [-0.1, -0.05) is 31.0 Å². The van der Waals surface area contributed by atoms with Gasteiger partial charge < -0.3 is 10.2 Å². The van der Waals surface area contributed by atoms with Crippen molar-refractivity contribution in [2.24, 2.45) is 5.84 Å². The average molecular weight is 293 g/mol. The summed E-state index contributed by atoms with van der Waals surface area (Å²) in [4.78, 5) is 8.30. The van der Waals surface area contributed by atoms with Gasteiger partial charge in [-0.25, -0.2) is 15.8 Å². The number of anilines is 1. The van der Waals surface area contributed by atoms with Crippen LogP contribution in [0.5, 0.6) is 11.6 Å². The number of nitrogen functional groups attached to an aromatic ring is 1. The molecular formula is C14H17ClN4O. The van der Waals surface area contributed by atoms with Gasteiger partial charge in [0, 0.05) is 5.02 Å². The fourth-order valence-corrected chi connectivity index (χ4v) is 2.03. The van der Waals surface area contributed by atoms with Gasteiger partial charge in [-0.15, -0.1) is 0 Å². The van der Waals surface area contributed by atoms with Gasteiger partial charge in [0.1, 0.15) is 17.9 Å². The monoisotopic (exact) mass is 292 g/mol. The van der Waals surface area contributed by atoms with Gasteiger partial charge in [-0.2, -0.15) is 0 Å². The van der Waals surface area contributed by atoms with Crippen molar-refractivity contribution in [2.45, 2.75) is 26.7 Å². The number of nitrogens with one attached hydrogen (secondary N) is 1. The molecule has 1 heterocycles. The average Bonchev–Trinajstić information content (AvgIpc) is 2.45. The van der Waals surface area contributed by atoms with E-state index < -0.39 is 0 Å². The molecule has 6 heteroatoms. The van der Waals surface area contributed by atoms with Gasteiger partial charge in [0.2, 0.25) is 5.88 Å². The third-order valence-electron chi connectivity index (χ3n) is 2.90. The van der Waals surface area contributed by atoms with Crippen LogP contribution in [0, 0.1) is 6.92 Å². The molecule has 1 aromatic heterocycles. The van der Waals surface area contributed by atoms with Crippen molar-refractivity contribution in [3.63, 3.8) is 0 Å². The summed E-state index contributed by atoms with van der Waals surface area (Å²) in [6.07, 6.45) is 3.13. The first kappa shape index (κ1) is 14.6. The lowest BCUT2D eigenvalue weighted by molar-refractivity contribution is 0.451. The van der Waals surface area contributed by atoms with Crippen molar-refractivity contribution in [3.05, 3.63) is 40.7 Å². The molecule has 0 amide bonds. The number of hydrazine groups is 1. The molecule has 2 rings (SSSR count). The molecule has 0 saturated carbocycles. The van der Waals surface area contributed by atoms with Gasteiger partial charge in [0.05, 0.1) is 5.56 Å². The smallest absolute Gasteiger partial charge is 0.227 e. The molecule has 0 unspecified atom stereocenters. The van der Waals surface area contributed by atoms with Crippen molar-refractivity contribution in [1.29, 1.82) is 0 Å². The molecule has 20 heavy (non-hydrogen) atoms. The topological polar surface area (TPSA) is 73.1 Å². The second kappa shape index (κ2) is 6.54. The maximum Gasteiger partial charge on any atom is 0.227 e. The lowest BCUT2D eigenvalue weighted by Crippen LogP contribution is -2.12. The Bertz CT molecular complexity index is 604. The predicted octanol–water partition coefficient (Wildman–Crippen LogP) is 3.47. The summed E-state index contributed by atoms with van der Waals surface area (Å²) in [7, 11) is 0. The highest BCUT2D eigenvalue weighted by Gasteiger charge is 2.13. The fraction of sp³-hybridized carbons (Fsp3) is 0.286. The Balaban J connectivity index is 2.39. The van der Waals surface area contributed by atoms with E-state index in [1.54, 1.807) is 6.07 Å². The minimum atomic E-state index is 0.500. The Labute approximate surface area is 123 Å². The molecule has 0 spiro atoms. The molecular weight excluding hydrogens is 276 g/mol. The van der Waals surface area contributed by atoms with Gasteiger partial charge in [0.15, 0.2) is 0 Å². The first-order chi connectivity index (χ1) is 9.65. The summed E-state index contributed by atoms with van der Waals surface area (Å²) in [6.45, 7) is 4.02. The maximum absolute atomic E-state index is 6.00. The minimum Gasteiger partial charge on any atom is -0.438 e. The number of benzene rings is 1. The van der Waals surface area contributed by atoms with Crippen LogP contribution in [-0.2, 0) is 6.42 Å². The molecule has 106 valence electrons. The van der Waals surface area contributed by atoms with E-state index in [0.29, 0.717) is 22.5 Å². The zero-order valence-electron chi connectivity index (χ0n) is 11.5. The second-order valence-electron chi connectivity index (χ2n) is 4.41. The molecule has 0 saturated heterocycles. The van der Waals surface area contributed by atoms with Gasteiger partial charge in [-0.3, -0.25) is 0 Å². The molecule has 0 atom stereocenters. The van der Waals surface area contributed by atoms with Crippen molar-refractivity contribution in [1.82, 2.24) is 9.97 Å². The summed E-state index contributed by atoms with van der Waals surface area (Å²) in [5.74, 6) is 7.24. The van der Waals surface area contributed by atoms with Crippen LogP contribution in [0.15, 0.2) is 24.5 Å². The molecule has 1 aromatic carbocycles. The molecule has 0 aliphatic heterocycles. The maximum atomic E-state index is 6.00. The number of hydrogen-bond acceptors (Lipinski definition) is 5. The van der Waals surface area contributed by atoms with Crippen LogP contribution in [0.25, 0.3) is 0 Å². The number of ether oxygens (including phenoxy) is 1. The van der Waals surface area contributed by atoms with E-state index in [0.717, 1.165) is 24.0 Å². The van der Waals surface area contributed by atoms with E-state index in [4.69, 9.17) is 22.2 Å². The molecule has 2 aromatic rings. The van der Waals surface area contributed by atoms with E-state index >= 15 is 0 Å². The first-order valence-corrected chi connectivity index (χ1v) is 6.78. The highest BCUT2D eigenvalue weighted by Crippen LogP contribution is 2.31. The highest BCUT2D eigenvalue weighted by atomic mass is 35.5. The number of nitrogens with two attached hydrogens (primary N) is 1. The summed E-state index contributed by atoms with van der Waals surface area (Å²) in [5.41, 5.74) is 4.42. The Hall–Kier alpha value is -1.85. The molecule has 0 fully saturated rings. The quantitative estimate of drug-likeness (QED) is 0.652. The van der Waals surface area contributed by atoms with Crippen LogP contribution in [0.3, 0.4) is 0 Å². The third-order valence-corrected chi connectivity index (χ3v) is 3.13. The second-order valence-corrected chi connectivity index (χ2v) is 4.85. The Morgan fingerprint density at radius 3 is 2.85 bits per heavy atom. The number of halogens is 1. The first-order valence-electron chi connectivity index (χ1n) is 6.40. The summed E-state index contributed by atoms with van der Waals surface area (Å²) in [5, 5.41) is 0.619. The summed E-state index contributed by atoms with van der Waals surface area (Å²) >= 11 is 6.00. The Morgan fingerprint density at radius 1 is 1.35 bits per heavy atom. The number of nitrogens with zero attached hydrogens (tertiary/aromatic N) is 2. The SMILES string of the molecule is CCCc1c(NN)ncnc1Oc1cc(Cl)ccc1C. The third kappa shape index (κ3) is 3.18. The van der Waals surface area contributed by atoms with E-state index in [9.17, 15) is 0 Å². The van der Waals surface area contributed by atoms with Gasteiger partial charge in [0.25, 0.3) is 0 Å². The summed E-state index contributed by atoms with van der Waals surface area (Å²) in [6, 6.07) is 5.49. The lowest BCUT2D eigenvalue weighted by atomic mass is 10.1. The minimum absolute atomic E-state index is 0.500. The summed E-state index contributed by atoms with van der Waals surface area (Å²) < 4.78 is 5.89. The van der Waals surface area contributed by atoms with Gasteiger partial charge >= 0.3 is 0 Å². The van der Waals surface area contributed by atoms with Crippen molar-refractivity contribution in [3.8, 4) is 11.6 Å². The molecule has 5 nitrogen and oxygen atoms in total. The van der Waals surface area contributed by atoms with Crippen LogP contribution >= 0.6 is 11.6 Å². The zero-order valence-corrected chi connectivity index (χ0v) is 12.2. The number of aromatic nitrogens is 2. The van der Waals surface area contributed by atoms with Gasteiger partial charge in [-0.05, 0) is 31.0 Å². The van der Waals surface area contributed by atoms with Crippen LogP contribution in [0.4, 0.5) is 5.82 Å². The number of aryl methyl sites for hydroxylation is 1. The standard InChI is InChI=1S/C14H17ClN4O/c1-3-4-11-13(19-16)17-8-18-14(11)20-12-7-10(15)6-5-9(12)2/h5-8H,3-4,16H2,1-2H3,(H,17,18,19). The van der Waals surface area contributed by atoms with Crippen molar-refractivity contribution in [2.75, 3.05) is 5.43 Å². The normalized spacial score (nSPS) is 10.4. The molecule has 0 bridgehead atoms. The van der Waals surface area contributed by atoms with Crippen LogP contribution in [-0.4, -0.2) is 9.97 Å². The Morgan fingerprint density at radius 2 is 2.15 bits per heavy atom. The number of rotatable bonds is 5. The van der Waals surface area contributed by atoms with E-state index in [1.165, 1.54) is 6.33 Å². The van der Waals surface area contributed by atoms with Crippen LogP contribution in [0.2, 0.25) is 5.02 Å².